The summed E-state index contributed by atoms with van der Waals surface area (Å²) in [5.74, 6) is -0.125. The van der Waals surface area contributed by atoms with Gasteiger partial charge in [-0.25, -0.2) is 4.98 Å². The highest BCUT2D eigenvalue weighted by molar-refractivity contribution is 5.93. The third-order valence-electron chi connectivity index (χ3n) is 4.39. The number of hydrogen-bond acceptors (Lipinski definition) is 5. The van der Waals surface area contributed by atoms with Crippen LogP contribution in [0.1, 0.15) is 35.0 Å². The first kappa shape index (κ1) is 16.3. The van der Waals surface area contributed by atoms with Gasteiger partial charge in [0.15, 0.2) is 11.2 Å². The number of nitrogens with one attached hydrogen (secondary N) is 1. The maximum Gasteiger partial charge on any atom is 0.287 e. The Balaban J connectivity index is 1.43. The van der Waals surface area contributed by atoms with Crippen molar-refractivity contribution in [3.63, 3.8) is 0 Å². The lowest BCUT2D eigenvalue weighted by molar-refractivity contribution is 0.0925. The van der Waals surface area contributed by atoms with Crippen molar-refractivity contribution in [3.05, 3.63) is 74.8 Å². The van der Waals surface area contributed by atoms with Gasteiger partial charge in [-0.3, -0.25) is 19.0 Å². The molecule has 2 aromatic heterocycles. The standard InChI is InChI=1S/C19H17N3O4/c23-15-10-17(26-16-4-2-1-3-13(15)16)19(25)20-7-8-22-11-21-14(9-18(22)24)12-5-6-12/h1-4,9-12H,5-8H2,(H,20,25). The summed E-state index contributed by atoms with van der Waals surface area (Å²) >= 11 is 0. The van der Waals surface area contributed by atoms with Gasteiger partial charge in [0.1, 0.15) is 5.58 Å². The van der Waals surface area contributed by atoms with Crippen molar-refractivity contribution in [2.45, 2.75) is 25.3 Å². The summed E-state index contributed by atoms with van der Waals surface area (Å²) in [5, 5.41) is 3.09. The molecule has 1 aliphatic rings. The molecule has 1 aromatic carbocycles. The highest BCUT2D eigenvalue weighted by Crippen LogP contribution is 2.38. The van der Waals surface area contributed by atoms with E-state index >= 15 is 0 Å². The van der Waals surface area contributed by atoms with Gasteiger partial charge in [-0.05, 0) is 25.0 Å². The van der Waals surface area contributed by atoms with Crippen molar-refractivity contribution in [1.29, 1.82) is 0 Å². The van der Waals surface area contributed by atoms with E-state index in [-0.39, 0.29) is 23.3 Å². The molecular weight excluding hydrogens is 334 g/mol. The summed E-state index contributed by atoms with van der Waals surface area (Å²) in [6.45, 7) is 0.514. The van der Waals surface area contributed by atoms with Gasteiger partial charge in [-0.15, -0.1) is 0 Å². The molecule has 3 aromatic rings. The summed E-state index contributed by atoms with van der Waals surface area (Å²) in [7, 11) is 0. The Kier molecular flexibility index (Phi) is 4.12. The minimum atomic E-state index is -0.497. The molecule has 0 radical (unpaired) electrons. The third kappa shape index (κ3) is 3.28. The van der Waals surface area contributed by atoms with E-state index in [2.05, 4.69) is 10.3 Å². The molecule has 4 rings (SSSR count). The van der Waals surface area contributed by atoms with Crippen LogP contribution in [0.5, 0.6) is 0 Å². The van der Waals surface area contributed by atoms with E-state index in [1.165, 1.54) is 17.0 Å². The molecule has 132 valence electrons. The predicted octanol–water partition coefficient (Wildman–Crippen LogP) is 1.66. The molecule has 0 bridgehead atoms. The van der Waals surface area contributed by atoms with Crippen LogP contribution in [0.4, 0.5) is 0 Å². The smallest absolute Gasteiger partial charge is 0.287 e. The molecule has 1 fully saturated rings. The Hall–Kier alpha value is -3.22. The molecule has 0 atom stereocenters. The molecule has 0 spiro atoms. The minimum absolute atomic E-state index is 0.0525. The van der Waals surface area contributed by atoms with Gasteiger partial charge in [-0.1, -0.05) is 12.1 Å². The Morgan fingerprint density at radius 3 is 2.81 bits per heavy atom. The molecule has 0 unspecified atom stereocenters. The summed E-state index contributed by atoms with van der Waals surface area (Å²) < 4.78 is 6.93. The van der Waals surface area contributed by atoms with Crippen molar-refractivity contribution in [1.82, 2.24) is 14.9 Å². The van der Waals surface area contributed by atoms with Crippen LogP contribution in [0.25, 0.3) is 11.0 Å². The van der Waals surface area contributed by atoms with E-state index in [1.54, 1.807) is 30.3 Å². The third-order valence-corrected chi connectivity index (χ3v) is 4.39. The second-order valence-corrected chi connectivity index (χ2v) is 6.35. The molecule has 26 heavy (non-hydrogen) atoms. The van der Waals surface area contributed by atoms with Gasteiger partial charge in [0.2, 0.25) is 0 Å². The van der Waals surface area contributed by atoms with Crippen LogP contribution in [0.15, 0.2) is 56.7 Å². The number of aromatic nitrogens is 2. The van der Waals surface area contributed by atoms with Crippen LogP contribution in [0, 0.1) is 0 Å². The fourth-order valence-electron chi connectivity index (χ4n) is 2.80. The maximum atomic E-state index is 12.2. The van der Waals surface area contributed by atoms with Crippen molar-refractivity contribution in [3.8, 4) is 0 Å². The van der Waals surface area contributed by atoms with Crippen LogP contribution >= 0.6 is 0 Å². The zero-order valence-electron chi connectivity index (χ0n) is 14.0. The number of nitrogens with zero attached hydrogens (tertiary/aromatic N) is 2. The second kappa shape index (κ2) is 6.59. The molecule has 2 heterocycles. The van der Waals surface area contributed by atoms with E-state index in [0.717, 1.165) is 18.5 Å². The van der Waals surface area contributed by atoms with E-state index in [9.17, 15) is 14.4 Å². The molecule has 0 saturated heterocycles. The lowest BCUT2D eigenvalue weighted by Gasteiger charge is -2.08. The summed E-state index contributed by atoms with van der Waals surface area (Å²) in [6, 6.07) is 9.49. The maximum absolute atomic E-state index is 12.2. The van der Waals surface area contributed by atoms with Gasteiger partial charge < -0.3 is 9.73 Å². The van der Waals surface area contributed by atoms with Crippen LogP contribution in [-0.4, -0.2) is 22.0 Å². The number of carbonyl (C=O) groups excluding carboxylic acids is 1. The van der Waals surface area contributed by atoms with Crippen molar-refractivity contribution in [2.24, 2.45) is 0 Å². The Morgan fingerprint density at radius 2 is 2.04 bits per heavy atom. The molecule has 7 nitrogen and oxygen atoms in total. The average Bonchev–Trinajstić information content (AvgIpc) is 3.48. The van der Waals surface area contributed by atoms with Crippen molar-refractivity contribution >= 4 is 16.9 Å². The largest absolute Gasteiger partial charge is 0.451 e. The topological polar surface area (TPSA) is 94.2 Å². The lowest BCUT2D eigenvalue weighted by atomic mass is 10.2. The number of para-hydroxylation sites is 1. The average molecular weight is 351 g/mol. The monoisotopic (exact) mass is 351 g/mol. The summed E-state index contributed by atoms with van der Waals surface area (Å²) in [6.07, 6.45) is 3.69. The molecule has 1 saturated carbocycles. The molecular formula is C19H17N3O4. The van der Waals surface area contributed by atoms with Crippen molar-refractivity contribution in [2.75, 3.05) is 6.54 Å². The highest BCUT2D eigenvalue weighted by Gasteiger charge is 2.25. The summed E-state index contributed by atoms with van der Waals surface area (Å²) in [5.41, 5.74) is 0.802. The predicted molar refractivity (Wildman–Crippen MR) is 95.3 cm³/mol. The summed E-state index contributed by atoms with van der Waals surface area (Å²) in [4.78, 5) is 40.6. The van der Waals surface area contributed by atoms with Crippen LogP contribution in [-0.2, 0) is 6.54 Å². The fraction of sp³-hybridized carbons (Fsp3) is 0.263. The lowest BCUT2D eigenvalue weighted by Crippen LogP contribution is -2.31. The number of fused-ring (bicyclic) bond motifs is 1. The van der Waals surface area contributed by atoms with E-state index < -0.39 is 5.91 Å². The van der Waals surface area contributed by atoms with Gasteiger partial charge >= 0.3 is 0 Å². The van der Waals surface area contributed by atoms with Gasteiger partial charge in [-0.2, -0.15) is 0 Å². The zero-order chi connectivity index (χ0) is 18.1. The van der Waals surface area contributed by atoms with Crippen LogP contribution < -0.4 is 16.3 Å². The van der Waals surface area contributed by atoms with Gasteiger partial charge in [0, 0.05) is 31.1 Å². The number of rotatable bonds is 5. The van der Waals surface area contributed by atoms with Crippen LogP contribution in [0.3, 0.4) is 0 Å². The fourth-order valence-corrected chi connectivity index (χ4v) is 2.80. The number of hydrogen-bond donors (Lipinski definition) is 1. The van der Waals surface area contributed by atoms with E-state index in [1.807, 2.05) is 0 Å². The quantitative estimate of drug-likeness (QED) is 0.754. The van der Waals surface area contributed by atoms with Gasteiger partial charge in [0.05, 0.1) is 17.4 Å². The number of carbonyl (C=O) groups is 1. The molecule has 0 aliphatic heterocycles. The molecule has 1 amide bonds. The minimum Gasteiger partial charge on any atom is -0.451 e. The first-order valence-electron chi connectivity index (χ1n) is 8.49. The molecule has 1 N–H and O–H groups in total. The number of benzene rings is 1. The number of amides is 1. The Morgan fingerprint density at radius 1 is 1.23 bits per heavy atom. The molecule has 7 heteroatoms. The Bertz CT molecular complexity index is 1100. The van der Waals surface area contributed by atoms with E-state index in [0.29, 0.717) is 23.4 Å². The first-order chi connectivity index (χ1) is 12.6. The van der Waals surface area contributed by atoms with Crippen molar-refractivity contribution < 1.29 is 9.21 Å². The Labute approximate surface area is 148 Å². The normalized spacial score (nSPS) is 13.7. The van der Waals surface area contributed by atoms with E-state index in [4.69, 9.17) is 4.42 Å². The van der Waals surface area contributed by atoms with Crippen LogP contribution in [0.2, 0.25) is 0 Å². The van der Waals surface area contributed by atoms with Gasteiger partial charge in [0.25, 0.3) is 11.5 Å². The SMILES string of the molecule is O=C(NCCn1cnc(C2CC2)cc1=O)c1cc(=O)c2ccccc2o1. The first-order valence-corrected chi connectivity index (χ1v) is 8.49. The molecule has 1 aliphatic carbocycles. The zero-order valence-corrected chi connectivity index (χ0v) is 14.0. The second-order valence-electron chi connectivity index (χ2n) is 6.35. The highest BCUT2D eigenvalue weighted by atomic mass is 16.3.